The van der Waals surface area contributed by atoms with Crippen molar-refractivity contribution in [1.82, 2.24) is 4.98 Å². The van der Waals surface area contributed by atoms with Crippen molar-refractivity contribution in [2.75, 3.05) is 5.32 Å². The number of amides is 1. The van der Waals surface area contributed by atoms with Crippen LogP contribution in [0.2, 0.25) is 0 Å². The van der Waals surface area contributed by atoms with Gasteiger partial charge in [-0.1, -0.05) is 6.92 Å². The molecule has 0 saturated heterocycles. The lowest BCUT2D eigenvalue weighted by atomic mass is 10.3. The molecule has 0 aliphatic rings. The van der Waals surface area contributed by atoms with Gasteiger partial charge in [-0.3, -0.25) is 14.6 Å². The van der Waals surface area contributed by atoms with Gasteiger partial charge in [0.15, 0.2) is 17.6 Å². The number of aldehydes is 1. The highest BCUT2D eigenvalue weighted by molar-refractivity contribution is 6.04. The Hall–Kier alpha value is -2.17. The Morgan fingerprint density at radius 1 is 1.59 bits per heavy atom. The lowest BCUT2D eigenvalue weighted by Crippen LogP contribution is -2.11. The van der Waals surface area contributed by atoms with Gasteiger partial charge in [0.1, 0.15) is 11.2 Å². The second-order valence-electron chi connectivity index (χ2n) is 3.61. The van der Waals surface area contributed by atoms with Crippen molar-refractivity contribution in [3.63, 3.8) is 0 Å². The first kappa shape index (κ1) is 11.3. The lowest BCUT2D eigenvalue weighted by Gasteiger charge is -2.01. The number of rotatable bonds is 4. The third kappa shape index (κ3) is 2.18. The highest BCUT2D eigenvalue weighted by Crippen LogP contribution is 2.27. The highest BCUT2D eigenvalue weighted by Gasteiger charge is 2.16. The SMILES string of the molecule is CCCC(=O)Nc1c(C=O)oc2cccnc12. The fourth-order valence-corrected chi connectivity index (χ4v) is 1.58. The van der Waals surface area contributed by atoms with Gasteiger partial charge in [0, 0.05) is 12.6 Å². The van der Waals surface area contributed by atoms with Crippen LogP contribution < -0.4 is 5.32 Å². The number of pyridine rings is 1. The van der Waals surface area contributed by atoms with E-state index in [1.807, 2.05) is 6.92 Å². The van der Waals surface area contributed by atoms with Crippen molar-refractivity contribution >= 4 is 29.0 Å². The van der Waals surface area contributed by atoms with Crippen LogP contribution in [-0.4, -0.2) is 17.2 Å². The molecule has 0 aliphatic heterocycles. The molecule has 17 heavy (non-hydrogen) atoms. The van der Waals surface area contributed by atoms with E-state index in [-0.39, 0.29) is 11.7 Å². The van der Waals surface area contributed by atoms with Crippen LogP contribution in [0, 0.1) is 0 Å². The molecule has 0 spiro atoms. The number of anilines is 1. The summed E-state index contributed by atoms with van der Waals surface area (Å²) in [5.41, 5.74) is 1.34. The summed E-state index contributed by atoms with van der Waals surface area (Å²) in [6.45, 7) is 1.91. The Morgan fingerprint density at radius 3 is 3.12 bits per heavy atom. The van der Waals surface area contributed by atoms with Crippen LogP contribution in [-0.2, 0) is 4.79 Å². The smallest absolute Gasteiger partial charge is 0.224 e. The number of carbonyl (C=O) groups is 2. The van der Waals surface area contributed by atoms with Crippen molar-refractivity contribution < 1.29 is 14.0 Å². The van der Waals surface area contributed by atoms with Gasteiger partial charge in [-0.2, -0.15) is 0 Å². The molecule has 1 N–H and O–H groups in total. The predicted octanol–water partition coefficient (Wildman–Crippen LogP) is 2.38. The lowest BCUT2D eigenvalue weighted by molar-refractivity contribution is -0.116. The topological polar surface area (TPSA) is 72.2 Å². The van der Waals surface area contributed by atoms with Crippen molar-refractivity contribution in [3.8, 4) is 0 Å². The number of furan rings is 1. The number of nitrogens with one attached hydrogen (secondary N) is 1. The molecular weight excluding hydrogens is 220 g/mol. The minimum absolute atomic E-state index is 0.100. The summed E-state index contributed by atoms with van der Waals surface area (Å²) in [6.07, 6.45) is 3.30. The van der Waals surface area contributed by atoms with Crippen LogP contribution in [0.15, 0.2) is 22.7 Å². The predicted molar refractivity (Wildman–Crippen MR) is 62.9 cm³/mol. The molecule has 5 nitrogen and oxygen atoms in total. The van der Waals surface area contributed by atoms with Gasteiger partial charge in [-0.05, 0) is 18.6 Å². The molecule has 88 valence electrons. The maximum atomic E-state index is 11.5. The second-order valence-corrected chi connectivity index (χ2v) is 3.61. The molecule has 0 atom stereocenters. The minimum atomic E-state index is -0.149. The third-order valence-electron chi connectivity index (χ3n) is 2.32. The molecule has 0 aromatic carbocycles. The minimum Gasteiger partial charge on any atom is -0.449 e. The van der Waals surface area contributed by atoms with Gasteiger partial charge in [0.05, 0.1) is 0 Å². The zero-order valence-electron chi connectivity index (χ0n) is 9.40. The Balaban J connectivity index is 2.43. The Kier molecular flexibility index (Phi) is 3.18. The molecule has 2 rings (SSSR count). The molecular formula is C12H12N2O3. The number of fused-ring (bicyclic) bond motifs is 1. The molecule has 0 aliphatic carbocycles. The fraction of sp³-hybridized carbons (Fsp3) is 0.250. The van der Waals surface area contributed by atoms with E-state index in [0.717, 1.165) is 6.42 Å². The summed E-state index contributed by atoms with van der Waals surface area (Å²) in [5, 5.41) is 2.66. The van der Waals surface area contributed by atoms with Gasteiger partial charge >= 0.3 is 0 Å². The van der Waals surface area contributed by atoms with Gasteiger partial charge in [0.2, 0.25) is 5.91 Å². The number of nitrogens with zero attached hydrogens (tertiary/aromatic N) is 1. The van der Waals surface area contributed by atoms with Crippen LogP contribution in [0.3, 0.4) is 0 Å². The molecule has 0 radical (unpaired) electrons. The molecule has 0 bridgehead atoms. The van der Waals surface area contributed by atoms with Gasteiger partial charge < -0.3 is 9.73 Å². The molecule has 0 fully saturated rings. The van der Waals surface area contributed by atoms with Crippen LogP contribution in [0.4, 0.5) is 5.69 Å². The average molecular weight is 232 g/mol. The quantitative estimate of drug-likeness (QED) is 0.821. The summed E-state index contributed by atoms with van der Waals surface area (Å²) in [6, 6.07) is 3.41. The summed E-state index contributed by atoms with van der Waals surface area (Å²) in [4.78, 5) is 26.5. The van der Waals surface area contributed by atoms with Crippen molar-refractivity contribution in [2.45, 2.75) is 19.8 Å². The van der Waals surface area contributed by atoms with Crippen molar-refractivity contribution in [3.05, 3.63) is 24.1 Å². The Morgan fingerprint density at radius 2 is 2.41 bits per heavy atom. The Bertz CT molecular complexity index is 560. The van der Waals surface area contributed by atoms with Gasteiger partial charge in [0.25, 0.3) is 0 Å². The van der Waals surface area contributed by atoms with E-state index < -0.39 is 0 Å². The van der Waals surface area contributed by atoms with Gasteiger partial charge in [-0.15, -0.1) is 0 Å². The number of aromatic nitrogens is 1. The van der Waals surface area contributed by atoms with E-state index in [2.05, 4.69) is 10.3 Å². The maximum absolute atomic E-state index is 11.5. The molecule has 5 heteroatoms. The van der Waals surface area contributed by atoms with Crippen molar-refractivity contribution in [2.24, 2.45) is 0 Å². The van der Waals surface area contributed by atoms with E-state index in [0.29, 0.717) is 29.5 Å². The average Bonchev–Trinajstić information content (AvgIpc) is 2.68. The van der Waals surface area contributed by atoms with Gasteiger partial charge in [-0.25, -0.2) is 0 Å². The standard InChI is InChI=1S/C12H12N2O3/c1-2-4-10(16)14-12-9(7-15)17-8-5-3-6-13-11(8)12/h3,5-7H,2,4H2,1H3,(H,14,16). The van der Waals surface area contributed by atoms with E-state index >= 15 is 0 Å². The first-order chi connectivity index (χ1) is 8.26. The first-order valence-electron chi connectivity index (χ1n) is 5.38. The first-order valence-corrected chi connectivity index (χ1v) is 5.38. The van der Waals surface area contributed by atoms with E-state index in [4.69, 9.17) is 4.42 Å². The largest absolute Gasteiger partial charge is 0.449 e. The van der Waals surface area contributed by atoms with E-state index in [1.165, 1.54) is 0 Å². The summed E-state index contributed by atoms with van der Waals surface area (Å²) < 4.78 is 5.28. The maximum Gasteiger partial charge on any atom is 0.224 e. The molecule has 0 unspecified atom stereocenters. The zero-order valence-corrected chi connectivity index (χ0v) is 9.40. The van der Waals surface area contributed by atoms with Crippen LogP contribution in [0.1, 0.15) is 30.3 Å². The summed E-state index contributed by atoms with van der Waals surface area (Å²) in [7, 11) is 0. The molecule has 2 heterocycles. The molecule has 2 aromatic heterocycles. The molecule has 0 saturated carbocycles. The zero-order chi connectivity index (χ0) is 12.3. The fourth-order valence-electron chi connectivity index (χ4n) is 1.58. The van der Waals surface area contributed by atoms with Crippen LogP contribution >= 0.6 is 0 Å². The summed E-state index contributed by atoms with van der Waals surface area (Å²) in [5.74, 6) is -0.0490. The second kappa shape index (κ2) is 4.78. The molecule has 1 amide bonds. The molecule has 2 aromatic rings. The normalized spacial score (nSPS) is 10.4. The monoisotopic (exact) mass is 232 g/mol. The Labute approximate surface area is 97.8 Å². The number of hydrogen-bond acceptors (Lipinski definition) is 4. The van der Waals surface area contributed by atoms with Crippen LogP contribution in [0.25, 0.3) is 11.1 Å². The summed E-state index contributed by atoms with van der Waals surface area (Å²) >= 11 is 0. The third-order valence-corrected chi connectivity index (χ3v) is 2.32. The van der Waals surface area contributed by atoms with E-state index in [1.54, 1.807) is 18.3 Å². The number of carbonyl (C=O) groups excluding carboxylic acids is 2. The van der Waals surface area contributed by atoms with Crippen LogP contribution in [0.5, 0.6) is 0 Å². The number of hydrogen-bond donors (Lipinski definition) is 1. The van der Waals surface area contributed by atoms with E-state index in [9.17, 15) is 9.59 Å². The van der Waals surface area contributed by atoms with Crippen molar-refractivity contribution in [1.29, 1.82) is 0 Å². The highest BCUT2D eigenvalue weighted by atomic mass is 16.3.